The van der Waals surface area contributed by atoms with Crippen LogP contribution in [0.25, 0.3) is 11.5 Å². The number of aliphatic hydroxyl groups excluding tert-OH is 3. The number of imidazole rings is 1. The maximum Gasteiger partial charge on any atom is 0.159 e. The van der Waals surface area contributed by atoms with Crippen LogP contribution in [0, 0.1) is 0 Å². The van der Waals surface area contributed by atoms with Crippen molar-refractivity contribution < 1.29 is 19.8 Å². The maximum absolute atomic E-state index is 9.75. The summed E-state index contributed by atoms with van der Waals surface area (Å²) in [5.74, 6) is 0.448. The molecule has 92 valence electrons. The maximum atomic E-state index is 9.75. The number of nitrogens with one attached hydrogen (secondary N) is 1. The fraction of sp³-hybridized carbons (Fsp3) is 0.400. The van der Waals surface area contributed by atoms with Crippen LogP contribution in [0.2, 0.25) is 0 Å². The van der Waals surface area contributed by atoms with Gasteiger partial charge in [0.1, 0.15) is 18.1 Å². The summed E-state index contributed by atoms with van der Waals surface area (Å²) in [5, 5.41) is 31.6. The SMILES string of the molecule is OCCC(O)[C@H](O)c1cnc(-c2ccon2)[nH]1. The van der Waals surface area contributed by atoms with Crippen molar-refractivity contribution in [2.24, 2.45) is 0 Å². The Morgan fingerprint density at radius 2 is 2.24 bits per heavy atom. The molecule has 2 aromatic rings. The first-order valence-electron chi connectivity index (χ1n) is 5.15. The number of aliphatic hydroxyl groups is 3. The summed E-state index contributed by atoms with van der Waals surface area (Å²) in [7, 11) is 0. The van der Waals surface area contributed by atoms with Gasteiger partial charge in [-0.1, -0.05) is 5.16 Å². The van der Waals surface area contributed by atoms with Gasteiger partial charge >= 0.3 is 0 Å². The smallest absolute Gasteiger partial charge is 0.159 e. The van der Waals surface area contributed by atoms with Crippen LogP contribution in [0.4, 0.5) is 0 Å². The van der Waals surface area contributed by atoms with E-state index in [1.807, 2.05) is 0 Å². The van der Waals surface area contributed by atoms with Gasteiger partial charge in [-0.3, -0.25) is 0 Å². The van der Waals surface area contributed by atoms with Gasteiger partial charge < -0.3 is 24.8 Å². The van der Waals surface area contributed by atoms with Gasteiger partial charge in [0.2, 0.25) is 0 Å². The molecule has 0 aliphatic carbocycles. The summed E-state index contributed by atoms with van der Waals surface area (Å²) in [4.78, 5) is 6.84. The highest BCUT2D eigenvalue weighted by atomic mass is 16.5. The molecule has 2 heterocycles. The van der Waals surface area contributed by atoms with Gasteiger partial charge in [-0.2, -0.15) is 0 Å². The molecule has 0 aliphatic rings. The quantitative estimate of drug-likeness (QED) is 0.576. The molecular weight excluding hydrogens is 226 g/mol. The Bertz CT molecular complexity index is 454. The van der Waals surface area contributed by atoms with E-state index in [2.05, 4.69) is 19.6 Å². The molecule has 0 aliphatic heterocycles. The molecule has 1 unspecified atom stereocenters. The van der Waals surface area contributed by atoms with Gasteiger partial charge in [-0.05, 0) is 6.42 Å². The number of nitrogens with zero attached hydrogens (tertiary/aromatic N) is 2. The van der Waals surface area contributed by atoms with Crippen molar-refractivity contribution in [3.05, 3.63) is 24.2 Å². The Hall–Kier alpha value is -1.70. The molecule has 0 saturated carbocycles. The number of H-pyrrole nitrogens is 1. The highest BCUT2D eigenvalue weighted by Crippen LogP contribution is 2.20. The summed E-state index contributed by atoms with van der Waals surface area (Å²) in [6.45, 7) is -0.192. The van der Waals surface area contributed by atoms with Crippen molar-refractivity contribution in [3.8, 4) is 11.5 Å². The zero-order valence-corrected chi connectivity index (χ0v) is 8.95. The van der Waals surface area contributed by atoms with Gasteiger partial charge in [0.15, 0.2) is 5.82 Å². The number of hydrogen-bond donors (Lipinski definition) is 4. The average Bonchev–Trinajstić information content (AvgIpc) is 2.98. The number of hydrogen-bond acceptors (Lipinski definition) is 6. The summed E-state index contributed by atoms with van der Waals surface area (Å²) in [5.41, 5.74) is 0.879. The molecule has 0 aromatic carbocycles. The Kier molecular flexibility index (Phi) is 3.52. The molecule has 4 N–H and O–H groups in total. The highest BCUT2D eigenvalue weighted by Gasteiger charge is 2.20. The van der Waals surface area contributed by atoms with Crippen LogP contribution in [0.3, 0.4) is 0 Å². The van der Waals surface area contributed by atoms with Gasteiger partial charge in [-0.25, -0.2) is 4.98 Å². The van der Waals surface area contributed by atoms with Crippen LogP contribution in [-0.2, 0) is 0 Å². The second-order valence-corrected chi connectivity index (χ2v) is 3.60. The predicted molar refractivity (Wildman–Crippen MR) is 56.8 cm³/mol. The first kappa shape index (κ1) is 11.8. The third-order valence-corrected chi connectivity index (χ3v) is 2.38. The largest absolute Gasteiger partial charge is 0.396 e. The van der Waals surface area contributed by atoms with Crippen molar-refractivity contribution in [3.63, 3.8) is 0 Å². The van der Waals surface area contributed by atoms with Crippen molar-refractivity contribution in [1.82, 2.24) is 15.1 Å². The Morgan fingerprint density at radius 1 is 1.41 bits per heavy atom. The topological polar surface area (TPSA) is 115 Å². The zero-order valence-electron chi connectivity index (χ0n) is 8.95. The van der Waals surface area contributed by atoms with Crippen molar-refractivity contribution in [1.29, 1.82) is 0 Å². The molecule has 0 bridgehead atoms. The van der Waals surface area contributed by atoms with E-state index in [4.69, 9.17) is 5.11 Å². The fourth-order valence-corrected chi connectivity index (χ4v) is 1.45. The summed E-state index contributed by atoms with van der Waals surface area (Å²) < 4.78 is 4.67. The van der Waals surface area contributed by atoms with E-state index in [1.54, 1.807) is 6.07 Å². The molecular formula is C10H13N3O4. The van der Waals surface area contributed by atoms with Gasteiger partial charge in [-0.15, -0.1) is 0 Å². The first-order chi connectivity index (χ1) is 8.22. The summed E-state index contributed by atoms with van der Waals surface area (Å²) >= 11 is 0. The molecule has 0 saturated heterocycles. The van der Waals surface area contributed by atoms with Crippen LogP contribution in [0.15, 0.2) is 23.0 Å². The molecule has 0 spiro atoms. The lowest BCUT2D eigenvalue weighted by Gasteiger charge is -2.14. The van der Waals surface area contributed by atoms with Gasteiger partial charge in [0.05, 0.1) is 18.0 Å². The Labute approximate surface area is 96.7 Å². The monoisotopic (exact) mass is 239 g/mol. The lowest BCUT2D eigenvalue weighted by Crippen LogP contribution is -2.19. The van der Waals surface area contributed by atoms with E-state index in [0.717, 1.165) is 0 Å². The van der Waals surface area contributed by atoms with Crippen LogP contribution >= 0.6 is 0 Å². The minimum atomic E-state index is -1.12. The van der Waals surface area contributed by atoms with Crippen molar-refractivity contribution in [2.75, 3.05) is 6.61 Å². The Balaban J connectivity index is 2.13. The van der Waals surface area contributed by atoms with E-state index in [-0.39, 0.29) is 13.0 Å². The predicted octanol–water partition coefficient (Wildman–Crippen LogP) is -0.159. The molecule has 17 heavy (non-hydrogen) atoms. The van der Waals surface area contributed by atoms with Gasteiger partial charge in [0, 0.05) is 12.7 Å². The van der Waals surface area contributed by atoms with E-state index in [9.17, 15) is 10.2 Å². The minimum Gasteiger partial charge on any atom is -0.396 e. The molecule has 2 aromatic heterocycles. The molecule has 7 heteroatoms. The second-order valence-electron chi connectivity index (χ2n) is 3.60. The standard InChI is InChI=1S/C10H13N3O4/c14-3-1-8(15)9(16)7-5-11-10(12-7)6-2-4-17-13-6/h2,4-5,8-9,14-16H,1,3H2,(H,11,12)/t8?,9-/m1/s1. The van der Waals surface area contributed by atoms with E-state index < -0.39 is 12.2 Å². The molecule has 0 radical (unpaired) electrons. The molecule has 7 nitrogen and oxygen atoms in total. The lowest BCUT2D eigenvalue weighted by atomic mass is 10.1. The van der Waals surface area contributed by atoms with Crippen molar-refractivity contribution in [2.45, 2.75) is 18.6 Å². The third-order valence-electron chi connectivity index (χ3n) is 2.38. The second kappa shape index (κ2) is 5.09. The number of rotatable bonds is 5. The third kappa shape index (κ3) is 2.52. The number of aromatic amines is 1. The van der Waals surface area contributed by atoms with Crippen LogP contribution < -0.4 is 0 Å². The summed E-state index contributed by atoms with van der Waals surface area (Å²) in [6.07, 6.45) is 0.768. The van der Waals surface area contributed by atoms with E-state index >= 15 is 0 Å². The van der Waals surface area contributed by atoms with Crippen LogP contribution in [0.1, 0.15) is 18.2 Å². The minimum absolute atomic E-state index is 0.0967. The van der Waals surface area contributed by atoms with Gasteiger partial charge in [0.25, 0.3) is 0 Å². The molecule has 0 fully saturated rings. The average molecular weight is 239 g/mol. The molecule has 0 amide bonds. The number of aromatic nitrogens is 3. The molecule has 2 rings (SSSR count). The molecule has 2 atom stereocenters. The van der Waals surface area contributed by atoms with Crippen LogP contribution in [0.5, 0.6) is 0 Å². The Morgan fingerprint density at radius 3 is 2.88 bits per heavy atom. The van der Waals surface area contributed by atoms with Crippen molar-refractivity contribution >= 4 is 0 Å². The highest BCUT2D eigenvalue weighted by molar-refractivity contribution is 5.47. The van der Waals surface area contributed by atoms with E-state index in [1.165, 1.54) is 12.5 Å². The lowest BCUT2D eigenvalue weighted by molar-refractivity contribution is 0.00216. The summed E-state index contributed by atoms with van der Waals surface area (Å²) in [6, 6.07) is 1.62. The first-order valence-corrected chi connectivity index (χ1v) is 5.15. The zero-order chi connectivity index (χ0) is 12.3. The van der Waals surface area contributed by atoms with E-state index in [0.29, 0.717) is 17.2 Å². The van der Waals surface area contributed by atoms with Crippen LogP contribution in [-0.4, -0.2) is 43.2 Å². The fourth-order valence-electron chi connectivity index (χ4n) is 1.45. The normalized spacial score (nSPS) is 14.8.